The number of imidazole rings is 1. The molecule has 8 heteroatoms. The Balaban J connectivity index is 1.43. The highest BCUT2D eigenvalue weighted by Gasteiger charge is 2.14. The predicted octanol–water partition coefficient (Wildman–Crippen LogP) is 4.30. The largest absolute Gasteiger partial charge is 0.407 e. The van der Waals surface area contributed by atoms with Crippen molar-refractivity contribution in [1.82, 2.24) is 19.9 Å². The van der Waals surface area contributed by atoms with E-state index in [1.54, 1.807) is 12.3 Å². The smallest absolute Gasteiger partial charge is 0.303 e. The molecule has 7 nitrogen and oxygen atoms in total. The first kappa shape index (κ1) is 17.9. The molecule has 0 radical (unpaired) electrons. The van der Waals surface area contributed by atoms with Gasteiger partial charge in [-0.15, -0.1) is 0 Å². The van der Waals surface area contributed by atoms with Crippen molar-refractivity contribution in [1.29, 1.82) is 0 Å². The van der Waals surface area contributed by atoms with Crippen molar-refractivity contribution in [3.63, 3.8) is 0 Å². The summed E-state index contributed by atoms with van der Waals surface area (Å²) in [4.78, 5) is 18.6. The molecule has 3 aromatic heterocycles. The summed E-state index contributed by atoms with van der Waals surface area (Å²) in [5.41, 5.74) is 4.02. The van der Waals surface area contributed by atoms with Crippen LogP contribution >= 0.6 is 11.6 Å². The molecular weight excluding hydrogens is 390 g/mol. The number of ether oxygens (including phenoxy) is 2. The maximum atomic E-state index is 6.51. The van der Waals surface area contributed by atoms with Gasteiger partial charge < -0.3 is 19.4 Å². The third-order valence-electron chi connectivity index (χ3n) is 4.76. The first-order valence-electron chi connectivity index (χ1n) is 9.34. The van der Waals surface area contributed by atoms with Gasteiger partial charge in [-0.2, -0.15) is 4.98 Å². The summed E-state index contributed by atoms with van der Waals surface area (Å²) < 4.78 is 11.1. The lowest BCUT2D eigenvalue weighted by Gasteiger charge is -2.28. The van der Waals surface area contributed by atoms with E-state index in [0.29, 0.717) is 33.8 Å². The molecule has 1 aliphatic heterocycles. The van der Waals surface area contributed by atoms with Crippen molar-refractivity contribution >= 4 is 28.5 Å². The highest BCUT2D eigenvalue weighted by atomic mass is 35.5. The fourth-order valence-corrected chi connectivity index (χ4v) is 3.57. The van der Waals surface area contributed by atoms with E-state index >= 15 is 0 Å². The highest BCUT2D eigenvalue weighted by molar-refractivity contribution is 6.33. The summed E-state index contributed by atoms with van der Waals surface area (Å²) in [6, 6.07) is 15.8. The van der Waals surface area contributed by atoms with Crippen LogP contribution in [-0.2, 0) is 4.74 Å². The number of fused-ring (bicyclic) bond motifs is 1. The minimum atomic E-state index is 0.321. The number of nitrogens with one attached hydrogen (secondary N) is 1. The fraction of sp³-hybridized carbons (Fsp3) is 0.190. The maximum absolute atomic E-state index is 6.51. The van der Waals surface area contributed by atoms with Crippen molar-refractivity contribution in [2.75, 3.05) is 31.2 Å². The molecule has 4 heterocycles. The van der Waals surface area contributed by atoms with E-state index in [1.165, 1.54) is 5.69 Å². The molecular formula is C21H18ClN5O2. The Labute approximate surface area is 172 Å². The Morgan fingerprint density at radius 1 is 1.03 bits per heavy atom. The number of nitrogens with zero attached hydrogens (tertiary/aromatic N) is 4. The topological polar surface area (TPSA) is 76.2 Å². The van der Waals surface area contributed by atoms with Crippen LogP contribution in [0.5, 0.6) is 11.9 Å². The zero-order valence-electron chi connectivity index (χ0n) is 15.5. The summed E-state index contributed by atoms with van der Waals surface area (Å²) in [7, 11) is 0. The number of hydrogen-bond acceptors (Lipinski definition) is 6. The van der Waals surface area contributed by atoms with Crippen molar-refractivity contribution in [3.05, 3.63) is 59.8 Å². The summed E-state index contributed by atoms with van der Waals surface area (Å²) in [6.45, 7) is 3.31. The van der Waals surface area contributed by atoms with Gasteiger partial charge in [0.25, 0.3) is 0 Å². The van der Waals surface area contributed by atoms with Crippen molar-refractivity contribution in [2.45, 2.75) is 0 Å². The van der Waals surface area contributed by atoms with Crippen LogP contribution in [0.25, 0.3) is 22.4 Å². The van der Waals surface area contributed by atoms with Crippen LogP contribution in [-0.4, -0.2) is 46.2 Å². The summed E-state index contributed by atoms with van der Waals surface area (Å²) in [5, 5.41) is 0.546. The van der Waals surface area contributed by atoms with Gasteiger partial charge in [0, 0.05) is 36.6 Å². The van der Waals surface area contributed by atoms with Gasteiger partial charge in [-0.3, -0.25) is 0 Å². The van der Waals surface area contributed by atoms with Crippen LogP contribution in [0, 0.1) is 0 Å². The van der Waals surface area contributed by atoms with E-state index in [9.17, 15) is 0 Å². The summed E-state index contributed by atoms with van der Waals surface area (Å²) in [6.07, 6.45) is 1.66. The minimum Gasteiger partial charge on any atom is -0.407 e. The Hall–Kier alpha value is -3.16. The molecule has 0 saturated carbocycles. The van der Waals surface area contributed by atoms with Crippen LogP contribution in [0.2, 0.25) is 5.02 Å². The summed E-state index contributed by atoms with van der Waals surface area (Å²) in [5.74, 6) is 0.455. The quantitative estimate of drug-likeness (QED) is 0.543. The van der Waals surface area contributed by atoms with E-state index in [4.69, 9.17) is 21.1 Å². The number of halogens is 1. The third kappa shape index (κ3) is 3.74. The lowest BCUT2D eigenvalue weighted by atomic mass is 10.1. The lowest BCUT2D eigenvalue weighted by molar-refractivity contribution is 0.122. The monoisotopic (exact) mass is 407 g/mol. The molecule has 1 aromatic carbocycles. The number of benzene rings is 1. The molecule has 5 rings (SSSR count). The van der Waals surface area contributed by atoms with E-state index in [-0.39, 0.29) is 0 Å². The Kier molecular flexibility index (Phi) is 4.75. The maximum Gasteiger partial charge on any atom is 0.303 e. The number of rotatable bonds is 4. The highest BCUT2D eigenvalue weighted by Crippen LogP contribution is 2.31. The molecule has 29 heavy (non-hydrogen) atoms. The average molecular weight is 408 g/mol. The molecule has 0 unspecified atom stereocenters. The number of anilines is 1. The number of aromatic amines is 1. The number of hydrogen-bond donors (Lipinski definition) is 1. The van der Waals surface area contributed by atoms with Crippen molar-refractivity contribution in [2.24, 2.45) is 0 Å². The third-order valence-corrected chi connectivity index (χ3v) is 5.05. The molecule has 1 N–H and O–H groups in total. The first-order chi connectivity index (χ1) is 14.3. The number of H-pyrrole nitrogens is 1. The van der Waals surface area contributed by atoms with E-state index < -0.39 is 0 Å². The van der Waals surface area contributed by atoms with Crippen LogP contribution in [0.1, 0.15) is 0 Å². The second-order valence-electron chi connectivity index (χ2n) is 6.65. The second-order valence-corrected chi connectivity index (χ2v) is 7.06. The minimum absolute atomic E-state index is 0.321. The molecule has 4 aromatic rings. The standard InChI is InChI=1S/C21H18ClN5O2/c22-16-13-17-20(26-21(24-17)29-18-3-1-2-8-23-18)25-19(16)14-4-6-15(7-5-14)27-9-11-28-12-10-27/h1-8,13H,9-12H2,(H,24,25,26). The van der Waals surface area contributed by atoms with Gasteiger partial charge in [0.1, 0.15) is 0 Å². The second kappa shape index (κ2) is 7.69. The molecule has 0 spiro atoms. The van der Waals surface area contributed by atoms with Crippen LogP contribution < -0.4 is 9.64 Å². The van der Waals surface area contributed by atoms with Gasteiger partial charge in [0.15, 0.2) is 5.65 Å². The van der Waals surface area contributed by atoms with Crippen LogP contribution in [0.3, 0.4) is 0 Å². The molecule has 0 amide bonds. The summed E-state index contributed by atoms with van der Waals surface area (Å²) >= 11 is 6.51. The Morgan fingerprint density at radius 3 is 2.62 bits per heavy atom. The Morgan fingerprint density at radius 2 is 1.86 bits per heavy atom. The van der Waals surface area contributed by atoms with Gasteiger partial charge in [0.2, 0.25) is 5.88 Å². The number of pyridine rings is 2. The van der Waals surface area contributed by atoms with E-state index in [2.05, 4.69) is 37.0 Å². The number of morpholine rings is 1. The van der Waals surface area contributed by atoms with Crippen molar-refractivity contribution < 1.29 is 9.47 Å². The SMILES string of the molecule is Clc1cc2[nH]c(Oc3ccccn3)nc2nc1-c1ccc(N2CCOCC2)cc1. The zero-order valence-corrected chi connectivity index (χ0v) is 16.3. The molecule has 146 valence electrons. The fourth-order valence-electron chi connectivity index (χ4n) is 3.30. The molecule has 0 aliphatic carbocycles. The van der Waals surface area contributed by atoms with E-state index in [1.807, 2.05) is 30.3 Å². The Bertz CT molecular complexity index is 1130. The van der Waals surface area contributed by atoms with Gasteiger partial charge in [-0.25, -0.2) is 9.97 Å². The normalized spacial score (nSPS) is 14.3. The predicted molar refractivity (Wildman–Crippen MR) is 112 cm³/mol. The molecule has 1 saturated heterocycles. The van der Waals surface area contributed by atoms with Gasteiger partial charge in [0.05, 0.1) is 29.4 Å². The van der Waals surface area contributed by atoms with Gasteiger partial charge in [-0.1, -0.05) is 29.8 Å². The van der Waals surface area contributed by atoms with Crippen molar-refractivity contribution in [3.8, 4) is 23.1 Å². The molecule has 0 bridgehead atoms. The average Bonchev–Trinajstić information content (AvgIpc) is 3.15. The van der Waals surface area contributed by atoms with Gasteiger partial charge in [-0.05, 0) is 24.3 Å². The molecule has 1 fully saturated rings. The number of aromatic nitrogens is 4. The first-order valence-corrected chi connectivity index (χ1v) is 9.72. The van der Waals surface area contributed by atoms with Crippen LogP contribution in [0.4, 0.5) is 5.69 Å². The van der Waals surface area contributed by atoms with Gasteiger partial charge >= 0.3 is 6.01 Å². The lowest BCUT2D eigenvalue weighted by Crippen LogP contribution is -2.36. The molecule has 1 aliphatic rings. The zero-order chi connectivity index (χ0) is 19.6. The molecule has 0 atom stereocenters. The van der Waals surface area contributed by atoms with E-state index in [0.717, 1.165) is 31.9 Å². The van der Waals surface area contributed by atoms with Crippen LogP contribution in [0.15, 0.2) is 54.7 Å².